The van der Waals surface area contributed by atoms with Gasteiger partial charge < -0.3 is 10.1 Å². The molecule has 1 N–H and O–H groups in total. The minimum atomic E-state index is -0.368. The summed E-state index contributed by atoms with van der Waals surface area (Å²) in [5.41, 5.74) is 2.39. The van der Waals surface area contributed by atoms with Crippen LogP contribution in [-0.4, -0.2) is 23.7 Å². The van der Waals surface area contributed by atoms with Gasteiger partial charge in [0.15, 0.2) is 0 Å². The molecule has 2 rings (SSSR count). The Bertz CT molecular complexity index is 711. The van der Waals surface area contributed by atoms with Crippen LogP contribution in [0.2, 0.25) is 0 Å². The van der Waals surface area contributed by atoms with Crippen LogP contribution < -0.4 is 5.32 Å². The number of nitrogens with one attached hydrogen (secondary N) is 1. The predicted molar refractivity (Wildman–Crippen MR) is 97.5 cm³/mol. The number of amides is 1. The van der Waals surface area contributed by atoms with E-state index in [1.54, 1.807) is 12.1 Å². The molecule has 0 spiro atoms. The van der Waals surface area contributed by atoms with Gasteiger partial charge in [0.25, 0.3) is 0 Å². The molecule has 1 amide bonds. The second-order valence-electron chi connectivity index (χ2n) is 5.65. The molecule has 0 aliphatic heterocycles. The summed E-state index contributed by atoms with van der Waals surface area (Å²) in [5.74, 6) is -0.261. The van der Waals surface area contributed by atoms with E-state index in [9.17, 15) is 9.59 Å². The van der Waals surface area contributed by atoms with Crippen molar-refractivity contribution >= 4 is 29.3 Å². The van der Waals surface area contributed by atoms with Crippen LogP contribution in [0, 0.1) is 6.92 Å². The molecule has 0 saturated heterocycles. The van der Waals surface area contributed by atoms with Gasteiger partial charge in [-0.15, -0.1) is 11.8 Å². The number of esters is 1. The third kappa shape index (κ3) is 5.42. The summed E-state index contributed by atoms with van der Waals surface area (Å²) < 4.78 is 5.24. The molecule has 2 aromatic carbocycles. The fourth-order valence-corrected chi connectivity index (χ4v) is 2.86. The molecule has 0 heterocycles. The number of rotatable bonds is 6. The first-order valence-corrected chi connectivity index (χ1v) is 8.73. The first-order chi connectivity index (χ1) is 11.5. The number of hydrogen-bond donors (Lipinski definition) is 1. The maximum atomic E-state index is 12.1. The largest absolute Gasteiger partial charge is 0.459 e. The van der Waals surface area contributed by atoms with E-state index >= 15 is 0 Å². The zero-order valence-electron chi connectivity index (χ0n) is 14.0. The smallest absolute Gasteiger partial charge is 0.339 e. The van der Waals surface area contributed by atoms with Crippen molar-refractivity contribution in [2.75, 3.05) is 11.1 Å². The summed E-state index contributed by atoms with van der Waals surface area (Å²) >= 11 is 1.32. The second-order valence-corrected chi connectivity index (χ2v) is 6.67. The minimum absolute atomic E-state index is 0.115. The molecule has 0 aromatic heterocycles. The number of carbonyl (C=O) groups excluding carboxylic acids is 2. The van der Waals surface area contributed by atoms with Crippen molar-refractivity contribution in [3.8, 4) is 0 Å². The predicted octanol–water partition coefficient (Wildman–Crippen LogP) is 4.29. The van der Waals surface area contributed by atoms with Gasteiger partial charge in [0, 0.05) is 10.6 Å². The molecule has 4 nitrogen and oxygen atoms in total. The molecule has 0 aliphatic rings. The van der Waals surface area contributed by atoms with Crippen LogP contribution in [0.4, 0.5) is 5.69 Å². The van der Waals surface area contributed by atoms with E-state index in [0.29, 0.717) is 5.56 Å². The second kappa shape index (κ2) is 8.55. The topological polar surface area (TPSA) is 55.4 Å². The molecule has 24 heavy (non-hydrogen) atoms. The molecule has 0 radical (unpaired) electrons. The lowest BCUT2D eigenvalue weighted by molar-refractivity contribution is -0.113. The van der Waals surface area contributed by atoms with Gasteiger partial charge in [-0.3, -0.25) is 4.79 Å². The number of benzene rings is 2. The van der Waals surface area contributed by atoms with E-state index in [2.05, 4.69) is 5.32 Å². The molecule has 0 atom stereocenters. The average molecular weight is 343 g/mol. The highest BCUT2D eigenvalue weighted by Crippen LogP contribution is 2.24. The number of thioether (sulfide) groups is 1. The van der Waals surface area contributed by atoms with Gasteiger partial charge in [0.05, 0.1) is 17.4 Å². The van der Waals surface area contributed by atoms with Crippen molar-refractivity contribution in [2.24, 2.45) is 0 Å². The van der Waals surface area contributed by atoms with Crippen LogP contribution in [0.25, 0.3) is 0 Å². The maximum Gasteiger partial charge on any atom is 0.339 e. The van der Waals surface area contributed by atoms with Crippen LogP contribution >= 0.6 is 11.8 Å². The summed E-state index contributed by atoms with van der Waals surface area (Å²) in [6.07, 6.45) is -0.180. The van der Waals surface area contributed by atoms with Crippen molar-refractivity contribution in [3.63, 3.8) is 0 Å². The summed E-state index contributed by atoms with van der Waals surface area (Å²) in [4.78, 5) is 24.9. The number of ether oxygens (including phenoxy) is 1. The molecule has 0 unspecified atom stereocenters. The van der Waals surface area contributed by atoms with Crippen molar-refractivity contribution in [1.82, 2.24) is 0 Å². The van der Waals surface area contributed by atoms with Crippen molar-refractivity contribution < 1.29 is 14.3 Å². The normalized spacial score (nSPS) is 10.5. The summed E-state index contributed by atoms with van der Waals surface area (Å²) in [6.45, 7) is 5.61. The Morgan fingerprint density at radius 2 is 1.75 bits per heavy atom. The quantitative estimate of drug-likeness (QED) is 0.628. The first-order valence-electron chi connectivity index (χ1n) is 7.75. The molecule has 5 heteroatoms. The molecule has 0 saturated carbocycles. The van der Waals surface area contributed by atoms with Gasteiger partial charge in [0.1, 0.15) is 0 Å². The lowest BCUT2D eigenvalue weighted by atomic mass is 10.2. The van der Waals surface area contributed by atoms with E-state index < -0.39 is 0 Å². The molecular formula is C19H21NO3S. The zero-order valence-corrected chi connectivity index (χ0v) is 14.9. The van der Waals surface area contributed by atoms with E-state index in [-0.39, 0.29) is 23.7 Å². The van der Waals surface area contributed by atoms with E-state index in [4.69, 9.17) is 4.74 Å². The van der Waals surface area contributed by atoms with Gasteiger partial charge >= 0.3 is 5.97 Å². The Hall–Kier alpha value is -2.27. The van der Waals surface area contributed by atoms with Gasteiger partial charge in [-0.05, 0) is 45.0 Å². The highest BCUT2D eigenvalue weighted by Gasteiger charge is 2.15. The summed E-state index contributed by atoms with van der Waals surface area (Å²) in [6, 6.07) is 14.8. The molecular weight excluding hydrogens is 322 g/mol. The van der Waals surface area contributed by atoms with E-state index in [1.807, 2.05) is 57.2 Å². The Balaban J connectivity index is 1.97. The molecule has 0 bridgehead atoms. The fraction of sp³-hybridized carbons (Fsp3) is 0.263. The van der Waals surface area contributed by atoms with Crippen molar-refractivity contribution in [2.45, 2.75) is 31.8 Å². The monoisotopic (exact) mass is 343 g/mol. The Morgan fingerprint density at radius 3 is 2.42 bits per heavy atom. The summed E-state index contributed by atoms with van der Waals surface area (Å²) in [7, 11) is 0. The van der Waals surface area contributed by atoms with Crippen molar-refractivity contribution in [1.29, 1.82) is 0 Å². The zero-order chi connectivity index (χ0) is 17.5. The number of aryl methyl sites for hydroxylation is 1. The highest BCUT2D eigenvalue weighted by molar-refractivity contribution is 8.00. The molecule has 126 valence electrons. The molecule has 0 aliphatic carbocycles. The Labute approximate surface area is 146 Å². The average Bonchev–Trinajstić information content (AvgIpc) is 2.55. The standard InChI is InChI=1S/C19H21NO3S/c1-13(2)23-19(22)16-6-4-5-7-17(16)24-12-18(21)20-15-10-8-14(3)9-11-15/h4-11,13H,12H2,1-3H3,(H,20,21). The van der Waals surface area contributed by atoms with Crippen LogP contribution in [0.15, 0.2) is 53.4 Å². The van der Waals surface area contributed by atoms with Crippen LogP contribution in [0.3, 0.4) is 0 Å². The molecule has 0 fully saturated rings. The number of hydrogen-bond acceptors (Lipinski definition) is 4. The van der Waals surface area contributed by atoms with E-state index in [0.717, 1.165) is 16.1 Å². The Kier molecular flexibility index (Phi) is 6.44. The van der Waals surface area contributed by atoms with Crippen LogP contribution in [0.5, 0.6) is 0 Å². The third-order valence-corrected chi connectivity index (χ3v) is 4.22. The number of carbonyl (C=O) groups is 2. The van der Waals surface area contributed by atoms with Gasteiger partial charge in [-0.2, -0.15) is 0 Å². The maximum absolute atomic E-state index is 12.1. The van der Waals surface area contributed by atoms with E-state index in [1.165, 1.54) is 11.8 Å². The minimum Gasteiger partial charge on any atom is -0.459 e. The fourth-order valence-electron chi connectivity index (χ4n) is 2.02. The van der Waals surface area contributed by atoms with Crippen LogP contribution in [-0.2, 0) is 9.53 Å². The first kappa shape index (κ1) is 18.1. The van der Waals surface area contributed by atoms with Gasteiger partial charge in [-0.25, -0.2) is 4.79 Å². The lowest BCUT2D eigenvalue weighted by Gasteiger charge is -2.11. The van der Waals surface area contributed by atoms with Crippen LogP contribution in [0.1, 0.15) is 29.8 Å². The molecule has 2 aromatic rings. The SMILES string of the molecule is Cc1ccc(NC(=O)CSc2ccccc2C(=O)OC(C)C)cc1. The van der Waals surface area contributed by atoms with Gasteiger partial charge in [0.2, 0.25) is 5.91 Å². The lowest BCUT2D eigenvalue weighted by Crippen LogP contribution is -2.15. The van der Waals surface area contributed by atoms with Crippen molar-refractivity contribution in [3.05, 3.63) is 59.7 Å². The highest BCUT2D eigenvalue weighted by atomic mass is 32.2. The number of anilines is 1. The van der Waals surface area contributed by atoms with Gasteiger partial charge in [-0.1, -0.05) is 29.8 Å². The summed E-state index contributed by atoms with van der Waals surface area (Å²) in [5, 5.41) is 2.84. The Morgan fingerprint density at radius 1 is 1.08 bits per heavy atom. The third-order valence-electron chi connectivity index (χ3n) is 3.14.